The summed E-state index contributed by atoms with van der Waals surface area (Å²) < 4.78 is 0. The molecule has 0 fully saturated rings. The zero-order valence-electron chi connectivity index (χ0n) is 9.71. The highest BCUT2D eigenvalue weighted by Crippen LogP contribution is 2.02. The van der Waals surface area contributed by atoms with Gasteiger partial charge in [-0.05, 0) is 13.8 Å². The average Bonchev–Trinajstić information content (AvgIpc) is 2.29. The number of benzene rings is 1. The van der Waals surface area contributed by atoms with Gasteiger partial charge in [-0.15, -0.1) is 0 Å². The van der Waals surface area contributed by atoms with E-state index < -0.39 is 12.0 Å². The van der Waals surface area contributed by atoms with Crippen LogP contribution in [0, 0.1) is 0 Å². The maximum Gasteiger partial charge on any atom is 0.320 e. The van der Waals surface area contributed by atoms with Crippen LogP contribution in [0.3, 0.4) is 0 Å². The van der Waals surface area contributed by atoms with Gasteiger partial charge in [-0.3, -0.25) is 14.4 Å². The summed E-state index contributed by atoms with van der Waals surface area (Å²) in [4.78, 5) is 30.5. The van der Waals surface area contributed by atoms with Crippen LogP contribution < -0.4 is 5.73 Å². The Morgan fingerprint density at radius 2 is 1.71 bits per heavy atom. The van der Waals surface area contributed by atoms with Crippen LogP contribution in [-0.4, -0.2) is 29.2 Å². The molecule has 0 radical (unpaired) electrons. The van der Waals surface area contributed by atoms with Crippen molar-refractivity contribution in [3.05, 3.63) is 35.4 Å². The molecule has 1 atom stereocenters. The summed E-state index contributed by atoms with van der Waals surface area (Å²) in [5.74, 6) is -0.947. The molecule has 1 rings (SSSR count). The number of aldehydes is 1. The fourth-order valence-electron chi connectivity index (χ4n) is 0.796. The zero-order valence-corrected chi connectivity index (χ0v) is 9.71. The van der Waals surface area contributed by atoms with Gasteiger partial charge in [0, 0.05) is 11.1 Å². The Hall–Kier alpha value is -2.01. The lowest BCUT2D eigenvalue weighted by molar-refractivity contribution is -0.138. The van der Waals surface area contributed by atoms with Gasteiger partial charge < -0.3 is 10.8 Å². The number of nitrogens with two attached hydrogens (primary N) is 1. The fraction of sp³-hybridized carbons (Fsp3) is 0.250. The molecule has 1 aromatic carbocycles. The minimum Gasteiger partial charge on any atom is -0.480 e. The average molecular weight is 237 g/mol. The first-order valence-corrected chi connectivity index (χ1v) is 4.93. The largest absolute Gasteiger partial charge is 0.480 e. The van der Waals surface area contributed by atoms with Crippen molar-refractivity contribution < 1.29 is 19.5 Å². The number of carbonyl (C=O) groups is 3. The van der Waals surface area contributed by atoms with Gasteiger partial charge in [0.15, 0.2) is 5.78 Å². The highest BCUT2D eigenvalue weighted by atomic mass is 16.4. The SMILES string of the molecule is CC(=O)c1ccc(C=O)cc1.C[C@H](N)C(=O)O. The van der Waals surface area contributed by atoms with Crippen LogP contribution in [0.1, 0.15) is 34.6 Å². The minimum atomic E-state index is -0.963. The number of hydrogen-bond acceptors (Lipinski definition) is 4. The molecular formula is C12H15NO4. The summed E-state index contributed by atoms with van der Waals surface area (Å²) in [5.41, 5.74) is 6.06. The number of carboxylic acids is 1. The first kappa shape index (κ1) is 15.0. The lowest BCUT2D eigenvalue weighted by atomic mass is 10.1. The van der Waals surface area contributed by atoms with E-state index in [0.29, 0.717) is 11.1 Å². The standard InChI is InChI=1S/C9H8O2.C3H7NO2/c1-7(11)9-4-2-8(6-10)3-5-9;1-2(4)3(5)6/h2-6H,1H3;2H,4H2,1H3,(H,5,6)/t;2-/m.0/s1. The van der Waals surface area contributed by atoms with Crippen molar-refractivity contribution in [1.82, 2.24) is 0 Å². The fourth-order valence-corrected chi connectivity index (χ4v) is 0.796. The Labute approximate surface area is 99.2 Å². The maximum atomic E-state index is 10.8. The molecule has 0 heterocycles. The number of Topliss-reactive ketones (excluding diaryl/α,β-unsaturated/α-hetero) is 1. The molecule has 0 aliphatic carbocycles. The molecule has 0 aliphatic rings. The second-order valence-electron chi connectivity index (χ2n) is 3.42. The van der Waals surface area contributed by atoms with E-state index in [4.69, 9.17) is 10.8 Å². The van der Waals surface area contributed by atoms with Crippen LogP contribution in [0.25, 0.3) is 0 Å². The van der Waals surface area contributed by atoms with Crippen molar-refractivity contribution in [1.29, 1.82) is 0 Å². The Bertz CT molecular complexity index is 395. The minimum absolute atomic E-state index is 0.0162. The molecule has 0 saturated heterocycles. The Morgan fingerprint density at radius 3 is 1.94 bits per heavy atom. The van der Waals surface area contributed by atoms with Gasteiger partial charge in [0.25, 0.3) is 0 Å². The van der Waals surface area contributed by atoms with E-state index in [1.165, 1.54) is 13.8 Å². The van der Waals surface area contributed by atoms with Gasteiger partial charge in [0.05, 0.1) is 0 Å². The zero-order chi connectivity index (χ0) is 13.4. The predicted molar refractivity (Wildman–Crippen MR) is 63.1 cm³/mol. The highest BCUT2D eigenvalue weighted by Gasteiger charge is 1.99. The van der Waals surface area contributed by atoms with Crippen molar-refractivity contribution in [2.24, 2.45) is 5.73 Å². The Kier molecular flexibility index (Phi) is 6.43. The number of aliphatic carboxylic acids is 1. The van der Waals surface area contributed by atoms with E-state index in [9.17, 15) is 14.4 Å². The smallest absolute Gasteiger partial charge is 0.320 e. The first-order valence-electron chi connectivity index (χ1n) is 4.93. The maximum absolute atomic E-state index is 10.8. The van der Waals surface area contributed by atoms with E-state index in [1.54, 1.807) is 24.3 Å². The second-order valence-corrected chi connectivity index (χ2v) is 3.42. The summed E-state index contributed by atoms with van der Waals surface area (Å²) >= 11 is 0. The molecule has 0 aliphatic heterocycles. The van der Waals surface area contributed by atoms with Crippen LogP contribution in [0.2, 0.25) is 0 Å². The van der Waals surface area contributed by atoms with Gasteiger partial charge >= 0.3 is 5.97 Å². The molecule has 0 saturated carbocycles. The second kappa shape index (κ2) is 7.29. The van der Waals surface area contributed by atoms with Crippen molar-refractivity contribution >= 4 is 18.0 Å². The number of ketones is 1. The lowest BCUT2D eigenvalue weighted by Gasteiger charge is -1.93. The molecule has 0 aromatic heterocycles. The number of hydrogen-bond donors (Lipinski definition) is 2. The summed E-state index contributed by atoms with van der Waals surface area (Å²) in [7, 11) is 0. The summed E-state index contributed by atoms with van der Waals surface area (Å²) in [6, 6.07) is 5.82. The van der Waals surface area contributed by atoms with Crippen LogP contribution in [0.5, 0.6) is 0 Å². The molecular weight excluding hydrogens is 222 g/mol. The summed E-state index contributed by atoms with van der Waals surface area (Å²) in [6.07, 6.45) is 0.754. The van der Waals surface area contributed by atoms with Gasteiger partial charge in [-0.1, -0.05) is 24.3 Å². The molecule has 1 aromatic rings. The number of carboxylic acid groups (broad SMARTS) is 1. The third-order valence-corrected chi connectivity index (χ3v) is 1.84. The summed E-state index contributed by atoms with van der Waals surface area (Å²) in [6.45, 7) is 2.91. The van der Waals surface area contributed by atoms with Gasteiger partial charge in [0.2, 0.25) is 0 Å². The normalized spacial score (nSPS) is 10.8. The molecule has 17 heavy (non-hydrogen) atoms. The van der Waals surface area contributed by atoms with Gasteiger partial charge in [-0.2, -0.15) is 0 Å². The molecule has 5 nitrogen and oxygen atoms in total. The van der Waals surface area contributed by atoms with E-state index in [1.807, 2.05) is 0 Å². The van der Waals surface area contributed by atoms with Crippen LogP contribution in [0.15, 0.2) is 24.3 Å². The highest BCUT2D eigenvalue weighted by molar-refractivity contribution is 5.94. The molecule has 0 amide bonds. The molecule has 0 bridgehead atoms. The molecule has 3 N–H and O–H groups in total. The lowest BCUT2D eigenvalue weighted by Crippen LogP contribution is -2.25. The number of carbonyl (C=O) groups excluding carboxylic acids is 2. The Balaban J connectivity index is 0.000000366. The molecule has 5 heteroatoms. The van der Waals surface area contributed by atoms with Gasteiger partial charge in [0.1, 0.15) is 12.3 Å². The monoisotopic (exact) mass is 237 g/mol. The third-order valence-electron chi connectivity index (χ3n) is 1.84. The molecule has 0 unspecified atom stereocenters. The quantitative estimate of drug-likeness (QED) is 0.606. The van der Waals surface area contributed by atoms with Crippen LogP contribution in [0.4, 0.5) is 0 Å². The van der Waals surface area contributed by atoms with Gasteiger partial charge in [-0.25, -0.2) is 0 Å². The van der Waals surface area contributed by atoms with Crippen LogP contribution >= 0.6 is 0 Å². The van der Waals surface area contributed by atoms with Crippen molar-refractivity contribution in [2.75, 3.05) is 0 Å². The summed E-state index contributed by atoms with van der Waals surface area (Å²) in [5, 5.41) is 7.87. The first-order chi connectivity index (χ1) is 7.88. The number of rotatable bonds is 3. The van der Waals surface area contributed by atoms with E-state index in [-0.39, 0.29) is 5.78 Å². The molecule has 0 spiro atoms. The third kappa shape index (κ3) is 6.21. The van der Waals surface area contributed by atoms with E-state index in [2.05, 4.69) is 0 Å². The van der Waals surface area contributed by atoms with Crippen molar-refractivity contribution in [2.45, 2.75) is 19.9 Å². The molecule has 92 valence electrons. The van der Waals surface area contributed by atoms with E-state index >= 15 is 0 Å². The van der Waals surface area contributed by atoms with Crippen molar-refractivity contribution in [3.8, 4) is 0 Å². The Morgan fingerprint density at radius 1 is 1.29 bits per heavy atom. The van der Waals surface area contributed by atoms with E-state index in [0.717, 1.165) is 6.29 Å². The van der Waals surface area contributed by atoms with Crippen LogP contribution in [-0.2, 0) is 4.79 Å². The van der Waals surface area contributed by atoms with Crippen molar-refractivity contribution in [3.63, 3.8) is 0 Å². The topological polar surface area (TPSA) is 97.5 Å². The predicted octanol–water partition coefficient (Wildman–Crippen LogP) is 1.12.